The molecule has 0 spiro atoms. The van der Waals surface area contributed by atoms with Crippen LogP contribution >= 0.6 is 0 Å². The van der Waals surface area contributed by atoms with Crippen LogP contribution in [-0.4, -0.2) is 30.7 Å². The number of aromatic nitrogens is 4. The minimum absolute atomic E-state index is 0.320. The van der Waals surface area contributed by atoms with Crippen molar-refractivity contribution in [2.24, 2.45) is 4.36 Å². The summed E-state index contributed by atoms with van der Waals surface area (Å²) in [6.07, 6.45) is 1.67. The van der Waals surface area contributed by atoms with Crippen LogP contribution in [0.5, 0.6) is 0 Å². The maximum Gasteiger partial charge on any atom is 0.181 e. The molecule has 0 radical (unpaired) electrons. The van der Waals surface area contributed by atoms with Gasteiger partial charge in [0.05, 0.1) is 15.3 Å². The third-order valence-electron chi connectivity index (χ3n) is 4.25. The summed E-state index contributed by atoms with van der Waals surface area (Å²) in [5, 5.41) is 12.2. The highest BCUT2D eigenvalue weighted by Gasteiger charge is 2.28. The molecule has 0 amide bonds. The second kappa shape index (κ2) is 7.23. The second-order valence-corrected chi connectivity index (χ2v) is 9.94. The summed E-state index contributed by atoms with van der Waals surface area (Å²) in [6, 6.07) is 16.8. The van der Waals surface area contributed by atoms with Crippen molar-refractivity contribution in [1.82, 2.24) is 20.2 Å². The average molecular weight is 384 g/mol. The number of tetrazole rings is 1. The van der Waals surface area contributed by atoms with Crippen molar-refractivity contribution in [2.45, 2.75) is 44.2 Å². The molecule has 1 aromatic heterocycles. The smallest absolute Gasteiger partial charge is 0.181 e. The standard InChI is InChI=1S/C20H25N5OS/c1-15-11-13-17(14-12-15)27(5,26)22-18(16-9-7-6-8-10-16)19-21-23-24-25(19)20(2,3)4/h6-14,18H,1-5H3. The molecule has 2 atom stereocenters. The molecule has 2 aromatic carbocycles. The van der Waals surface area contributed by atoms with Gasteiger partial charge in [-0.15, -0.1) is 5.10 Å². The van der Waals surface area contributed by atoms with E-state index in [-0.39, 0.29) is 5.54 Å². The van der Waals surface area contributed by atoms with E-state index in [1.165, 1.54) is 0 Å². The highest BCUT2D eigenvalue weighted by molar-refractivity contribution is 7.93. The maximum absolute atomic E-state index is 13.5. The van der Waals surface area contributed by atoms with Crippen molar-refractivity contribution in [1.29, 1.82) is 0 Å². The molecule has 2 unspecified atom stereocenters. The van der Waals surface area contributed by atoms with Gasteiger partial charge in [0.15, 0.2) is 5.82 Å². The van der Waals surface area contributed by atoms with Crippen LogP contribution in [0.25, 0.3) is 0 Å². The summed E-state index contributed by atoms with van der Waals surface area (Å²) < 4.78 is 20.0. The second-order valence-electron chi connectivity index (χ2n) is 7.65. The van der Waals surface area contributed by atoms with Gasteiger partial charge in [0.1, 0.15) is 6.04 Å². The lowest BCUT2D eigenvalue weighted by molar-refractivity contribution is 0.331. The largest absolute Gasteiger partial charge is 0.245 e. The molecule has 0 fully saturated rings. The Hall–Kier alpha value is -2.54. The zero-order valence-electron chi connectivity index (χ0n) is 16.3. The van der Waals surface area contributed by atoms with Crippen molar-refractivity contribution in [3.63, 3.8) is 0 Å². The number of nitrogens with zero attached hydrogens (tertiary/aromatic N) is 5. The normalized spacial score (nSPS) is 15.1. The van der Waals surface area contributed by atoms with Gasteiger partial charge in [0.25, 0.3) is 0 Å². The van der Waals surface area contributed by atoms with Crippen LogP contribution in [0.2, 0.25) is 0 Å². The van der Waals surface area contributed by atoms with Gasteiger partial charge in [-0.2, -0.15) is 0 Å². The number of benzene rings is 2. The van der Waals surface area contributed by atoms with Crippen molar-refractivity contribution in [2.75, 3.05) is 6.26 Å². The summed E-state index contributed by atoms with van der Waals surface area (Å²) in [4.78, 5) is 0.698. The molecule has 0 aliphatic rings. The molecule has 1 heterocycles. The Kier molecular flexibility index (Phi) is 5.15. The summed E-state index contributed by atoms with van der Waals surface area (Å²) in [7, 11) is -2.65. The fourth-order valence-corrected chi connectivity index (χ4v) is 4.17. The van der Waals surface area contributed by atoms with Crippen LogP contribution in [0.1, 0.15) is 43.8 Å². The highest BCUT2D eigenvalue weighted by atomic mass is 32.2. The molecular formula is C20H25N5OS. The Bertz CT molecular complexity index is 1030. The summed E-state index contributed by atoms with van der Waals surface area (Å²) in [5.41, 5.74) is 1.70. The van der Waals surface area contributed by atoms with Gasteiger partial charge in [-0.1, -0.05) is 48.0 Å². The topological polar surface area (TPSA) is 73.0 Å². The van der Waals surface area contributed by atoms with Gasteiger partial charge >= 0.3 is 0 Å². The number of hydrogen-bond acceptors (Lipinski definition) is 5. The van der Waals surface area contributed by atoms with Gasteiger partial charge in [-0.05, 0) is 55.8 Å². The van der Waals surface area contributed by atoms with Crippen molar-refractivity contribution in [3.05, 3.63) is 71.5 Å². The summed E-state index contributed by atoms with van der Waals surface area (Å²) in [5.74, 6) is 0.579. The van der Waals surface area contributed by atoms with E-state index in [2.05, 4.69) is 15.5 Å². The molecule has 0 N–H and O–H groups in total. The zero-order valence-corrected chi connectivity index (χ0v) is 17.1. The first-order valence-corrected chi connectivity index (χ1v) is 10.7. The highest BCUT2D eigenvalue weighted by Crippen LogP contribution is 2.30. The molecule has 142 valence electrons. The lowest BCUT2D eigenvalue weighted by Crippen LogP contribution is -2.27. The molecule has 3 aromatic rings. The minimum atomic E-state index is -2.65. The van der Waals surface area contributed by atoms with Gasteiger partial charge in [0, 0.05) is 11.2 Å². The predicted octanol–water partition coefficient (Wildman–Crippen LogP) is 3.98. The quantitative estimate of drug-likeness (QED) is 0.683. The van der Waals surface area contributed by atoms with E-state index in [1.54, 1.807) is 10.9 Å². The molecular weight excluding hydrogens is 358 g/mol. The van der Waals surface area contributed by atoms with E-state index in [0.29, 0.717) is 10.7 Å². The minimum Gasteiger partial charge on any atom is -0.245 e. The zero-order chi connectivity index (χ0) is 19.7. The Morgan fingerprint density at radius 3 is 2.26 bits per heavy atom. The summed E-state index contributed by atoms with van der Waals surface area (Å²) in [6.45, 7) is 8.08. The molecule has 7 heteroatoms. The Balaban J connectivity index is 2.19. The third kappa shape index (κ3) is 4.24. The lowest BCUT2D eigenvalue weighted by Gasteiger charge is -2.23. The van der Waals surface area contributed by atoms with Crippen LogP contribution in [0.4, 0.5) is 0 Å². The Labute approximate surface area is 160 Å². The first-order chi connectivity index (χ1) is 12.7. The van der Waals surface area contributed by atoms with E-state index in [9.17, 15) is 4.21 Å². The fraction of sp³-hybridized carbons (Fsp3) is 0.350. The predicted molar refractivity (Wildman–Crippen MR) is 107 cm³/mol. The van der Waals surface area contributed by atoms with Gasteiger partial charge in [-0.3, -0.25) is 0 Å². The van der Waals surface area contributed by atoms with Crippen LogP contribution in [0, 0.1) is 6.92 Å². The van der Waals surface area contributed by atoms with Crippen molar-refractivity contribution < 1.29 is 4.21 Å². The Morgan fingerprint density at radius 1 is 1.04 bits per heavy atom. The van der Waals surface area contributed by atoms with E-state index < -0.39 is 15.8 Å². The number of aryl methyl sites for hydroxylation is 1. The van der Waals surface area contributed by atoms with Crippen molar-refractivity contribution >= 4 is 9.73 Å². The molecule has 6 nitrogen and oxygen atoms in total. The molecule has 0 saturated carbocycles. The van der Waals surface area contributed by atoms with Gasteiger partial charge < -0.3 is 0 Å². The van der Waals surface area contributed by atoms with Crippen LogP contribution in [0.3, 0.4) is 0 Å². The SMILES string of the molecule is Cc1ccc(S(C)(=O)=NC(c2ccccc2)c2nnnn2C(C)(C)C)cc1. The maximum atomic E-state index is 13.5. The molecule has 27 heavy (non-hydrogen) atoms. The van der Waals surface area contributed by atoms with E-state index in [4.69, 9.17) is 4.36 Å². The first-order valence-electron chi connectivity index (χ1n) is 8.80. The van der Waals surface area contributed by atoms with E-state index in [1.807, 2.05) is 82.3 Å². The number of hydrogen-bond donors (Lipinski definition) is 0. The van der Waals surface area contributed by atoms with Crippen molar-refractivity contribution in [3.8, 4) is 0 Å². The first kappa shape index (κ1) is 19.2. The fourth-order valence-electron chi connectivity index (χ4n) is 2.79. The Morgan fingerprint density at radius 2 is 1.67 bits per heavy atom. The van der Waals surface area contributed by atoms with E-state index >= 15 is 0 Å². The molecule has 0 aliphatic heterocycles. The summed E-state index contributed by atoms with van der Waals surface area (Å²) >= 11 is 0. The lowest BCUT2D eigenvalue weighted by atomic mass is 10.0. The van der Waals surface area contributed by atoms with Crippen LogP contribution in [0.15, 0.2) is 63.9 Å². The average Bonchev–Trinajstić information content (AvgIpc) is 3.11. The molecule has 3 rings (SSSR count). The van der Waals surface area contributed by atoms with Crippen LogP contribution in [-0.2, 0) is 15.3 Å². The molecule has 0 bridgehead atoms. The number of rotatable bonds is 4. The molecule has 0 aliphatic carbocycles. The van der Waals surface area contributed by atoms with Gasteiger partial charge in [-0.25, -0.2) is 13.3 Å². The van der Waals surface area contributed by atoms with Gasteiger partial charge in [0.2, 0.25) is 0 Å². The molecule has 0 saturated heterocycles. The third-order valence-corrected chi connectivity index (χ3v) is 6.01. The van der Waals surface area contributed by atoms with Crippen LogP contribution < -0.4 is 0 Å². The van der Waals surface area contributed by atoms with E-state index in [0.717, 1.165) is 11.1 Å². The monoisotopic (exact) mass is 383 g/mol.